The van der Waals surface area contributed by atoms with Crippen molar-refractivity contribution in [2.75, 3.05) is 6.61 Å². The smallest absolute Gasteiger partial charge is 0.194 e. The highest BCUT2D eigenvalue weighted by molar-refractivity contribution is 6.73. The lowest BCUT2D eigenvalue weighted by Gasteiger charge is -2.31. The molecule has 196 valence electrons. The van der Waals surface area contributed by atoms with E-state index in [-0.39, 0.29) is 0 Å². The van der Waals surface area contributed by atoms with Crippen molar-refractivity contribution in [3.8, 4) is 11.8 Å². The van der Waals surface area contributed by atoms with Gasteiger partial charge in [0.1, 0.15) is 0 Å². The van der Waals surface area contributed by atoms with Gasteiger partial charge in [0.05, 0.1) is 6.61 Å². The van der Waals surface area contributed by atoms with E-state index >= 15 is 0 Å². The first-order valence-corrected chi connectivity index (χ1v) is 17.9. The highest BCUT2D eigenvalue weighted by atomic mass is 28.4. The minimum absolute atomic E-state index is 0.707. The lowest BCUT2D eigenvalue weighted by molar-refractivity contribution is 0.340. The van der Waals surface area contributed by atoms with E-state index in [0.29, 0.717) is 6.61 Å². The molecule has 0 aromatic carbocycles. The summed E-state index contributed by atoms with van der Waals surface area (Å²) < 4.78 is 6.82. The Hall–Kier alpha value is -0.263. The van der Waals surface area contributed by atoms with Crippen LogP contribution in [-0.2, 0) is 4.43 Å². The quantitative estimate of drug-likeness (QED) is 0.0720. The first-order valence-electron chi connectivity index (χ1n) is 15.3. The maximum absolute atomic E-state index is 6.82. The summed E-state index contributed by atoms with van der Waals surface area (Å²) in [7, 11) is -1.65. The summed E-state index contributed by atoms with van der Waals surface area (Å²) in [6.45, 7) is 9.95. The highest BCUT2D eigenvalue weighted by Gasteiger charge is 2.33. The largest absolute Gasteiger partial charge is 0.406 e. The molecule has 0 N–H and O–H groups in total. The summed E-state index contributed by atoms with van der Waals surface area (Å²) in [5.74, 6) is 6.87. The van der Waals surface area contributed by atoms with Gasteiger partial charge in [-0.25, -0.2) is 0 Å². The van der Waals surface area contributed by atoms with Crippen LogP contribution >= 0.6 is 0 Å². The zero-order valence-corrected chi connectivity index (χ0v) is 24.6. The fourth-order valence-electron chi connectivity index (χ4n) is 4.89. The molecular weight excluding hydrogens is 416 g/mol. The molecule has 0 aliphatic heterocycles. The predicted molar refractivity (Wildman–Crippen MR) is 154 cm³/mol. The number of hydrogen-bond acceptors (Lipinski definition) is 1. The second kappa shape index (κ2) is 26.3. The summed E-state index contributed by atoms with van der Waals surface area (Å²) >= 11 is 0. The van der Waals surface area contributed by atoms with Crippen LogP contribution in [0.1, 0.15) is 163 Å². The van der Waals surface area contributed by atoms with Gasteiger partial charge >= 0.3 is 0 Å². The molecule has 1 nitrogen and oxygen atoms in total. The topological polar surface area (TPSA) is 9.23 Å². The number of unbranched alkanes of at least 4 members (excludes halogenated alkanes) is 17. The fraction of sp³-hybridized carbons (Fsp3) is 0.935. The SMILES string of the molecule is CCCCCCCCCCC#CCO[Si](CCCCCC)(CCCCCC)CCCCCC. The van der Waals surface area contributed by atoms with Crippen LogP contribution < -0.4 is 0 Å². The van der Waals surface area contributed by atoms with E-state index in [1.54, 1.807) is 0 Å². The Morgan fingerprint density at radius 2 is 0.788 bits per heavy atom. The highest BCUT2D eigenvalue weighted by Crippen LogP contribution is 2.30. The molecule has 0 aliphatic rings. The summed E-state index contributed by atoms with van der Waals surface area (Å²) in [6, 6.07) is 4.14. The molecule has 0 aromatic rings. The van der Waals surface area contributed by atoms with E-state index < -0.39 is 8.32 Å². The Labute approximate surface area is 211 Å². The van der Waals surface area contributed by atoms with Crippen LogP contribution in [0.3, 0.4) is 0 Å². The van der Waals surface area contributed by atoms with E-state index in [0.717, 1.165) is 6.42 Å². The maximum atomic E-state index is 6.82. The van der Waals surface area contributed by atoms with Crippen molar-refractivity contribution in [3.05, 3.63) is 0 Å². The Bertz CT molecular complexity index is 405. The average molecular weight is 479 g/mol. The molecule has 0 radical (unpaired) electrons. The van der Waals surface area contributed by atoms with Crippen molar-refractivity contribution in [2.45, 2.75) is 181 Å². The Balaban J connectivity index is 4.52. The zero-order valence-electron chi connectivity index (χ0n) is 23.6. The summed E-state index contributed by atoms with van der Waals surface area (Å²) in [5.41, 5.74) is 0. The molecule has 0 aliphatic carbocycles. The Morgan fingerprint density at radius 1 is 0.424 bits per heavy atom. The van der Waals surface area contributed by atoms with Crippen molar-refractivity contribution in [2.24, 2.45) is 0 Å². The molecule has 0 aromatic heterocycles. The molecular formula is C31H62OSi. The van der Waals surface area contributed by atoms with E-state index in [4.69, 9.17) is 4.43 Å². The third-order valence-electron chi connectivity index (χ3n) is 7.19. The van der Waals surface area contributed by atoms with Crippen LogP contribution in [0, 0.1) is 11.8 Å². The van der Waals surface area contributed by atoms with E-state index in [1.807, 2.05) is 0 Å². The maximum Gasteiger partial charge on any atom is 0.194 e. The molecule has 0 atom stereocenters. The summed E-state index contributed by atoms with van der Waals surface area (Å²) in [4.78, 5) is 0. The fourth-order valence-corrected chi connectivity index (χ4v) is 9.13. The van der Waals surface area contributed by atoms with Crippen LogP contribution in [0.5, 0.6) is 0 Å². The molecule has 33 heavy (non-hydrogen) atoms. The van der Waals surface area contributed by atoms with Crippen molar-refractivity contribution in [3.63, 3.8) is 0 Å². The normalized spacial score (nSPS) is 11.5. The molecule has 0 saturated heterocycles. The van der Waals surface area contributed by atoms with Gasteiger partial charge < -0.3 is 4.43 Å². The molecule has 0 amide bonds. The predicted octanol–water partition coefficient (Wildman–Crippen LogP) is 11.2. The Morgan fingerprint density at radius 3 is 1.21 bits per heavy atom. The molecule has 0 heterocycles. The van der Waals surface area contributed by atoms with E-state index in [1.165, 1.54) is 147 Å². The summed E-state index contributed by atoms with van der Waals surface area (Å²) in [5, 5.41) is 0. The molecule has 0 rings (SSSR count). The van der Waals surface area contributed by atoms with Gasteiger partial charge in [-0.15, -0.1) is 5.92 Å². The van der Waals surface area contributed by atoms with E-state index in [9.17, 15) is 0 Å². The molecule has 2 heteroatoms. The first kappa shape index (κ1) is 32.7. The third kappa shape index (κ3) is 22.0. The standard InChI is InChI=1S/C31H62OSi/c1-5-9-13-17-18-19-20-21-22-23-24-28-32-33(29-25-14-10-6-2,30-26-15-11-7-3)31-27-16-12-8-4/h5-22,25-31H2,1-4H3. The molecule has 0 unspecified atom stereocenters. The zero-order chi connectivity index (χ0) is 24.3. The van der Waals surface area contributed by atoms with Gasteiger partial charge in [0, 0.05) is 6.42 Å². The summed E-state index contributed by atoms with van der Waals surface area (Å²) in [6.07, 6.45) is 28.6. The third-order valence-corrected chi connectivity index (χ3v) is 11.7. The van der Waals surface area contributed by atoms with E-state index in [2.05, 4.69) is 39.5 Å². The van der Waals surface area contributed by atoms with Gasteiger partial charge in [0.25, 0.3) is 0 Å². The minimum atomic E-state index is -1.65. The van der Waals surface area contributed by atoms with Gasteiger partial charge in [-0.2, -0.15) is 0 Å². The van der Waals surface area contributed by atoms with Crippen molar-refractivity contribution in [1.29, 1.82) is 0 Å². The number of hydrogen-bond donors (Lipinski definition) is 0. The first-order chi connectivity index (χ1) is 16.2. The van der Waals surface area contributed by atoms with Gasteiger partial charge in [-0.05, 0) is 24.6 Å². The molecule has 0 bridgehead atoms. The van der Waals surface area contributed by atoms with Crippen molar-refractivity contribution >= 4 is 8.32 Å². The molecule has 0 spiro atoms. The lowest BCUT2D eigenvalue weighted by Crippen LogP contribution is -2.38. The van der Waals surface area contributed by atoms with Gasteiger partial charge in [0.15, 0.2) is 8.32 Å². The van der Waals surface area contributed by atoms with Crippen LogP contribution in [0.4, 0.5) is 0 Å². The van der Waals surface area contributed by atoms with Crippen LogP contribution in [0.2, 0.25) is 18.1 Å². The molecule has 0 saturated carbocycles. The van der Waals surface area contributed by atoms with Gasteiger partial charge in [-0.3, -0.25) is 0 Å². The van der Waals surface area contributed by atoms with Gasteiger partial charge in [0.2, 0.25) is 0 Å². The molecule has 0 fully saturated rings. The lowest BCUT2D eigenvalue weighted by atomic mass is 10.1. The Kier molecular flexibility index (Phi) is 26.1. The van der Waals surface area contributed by atoms with Crippen LogP contribution in [0.15, 0.2) is 0 Å². The van der Waals surface area contributed by atoms with Crippen molar-refractivity contribution in [1.82, 2.24) is 0 Å². The minimum Gasteiger partial charge on any atom is -0.406 e. The van der Waals surface area contributed by atoms with Crippen LogP contribution in [0.25, 0.3) is 0 Å². The second-order valence-electron chi connectivity index (χ2n) is 10.5. The average Bonchev–Trinajstić information content (AvgIpc) is 2.83. The number of rotatable bonds is 25. The van der Waals surface area contributed by atoms with Crippen molar-refractivity contribution < 1.29 is 4.43 Å². The monoisotopic (exact) mass is 478 g/mol. The second-order valence-corrected chi connectivity index (χ2v) is 14.6. The van der Waals surface area contributed by atoms with Crippen LogP contribution in [-0.4, -0.2) is 14.9 Å². The van der Waals surface area contributed by atoms with Gasteiger partial charge in [-0.1, -0.05) is 156 Å².